The summed E-state index contributed by atoms with van der Waals surface area (Å²) in [6, 6.07) is 5.29. The van der Waals surface area contributed by atoms with E-state index < -0.39 is 0 Å². The van der Waals surface area contributed by atoms with Crippen molar-refractivity contribution in [2.24, 2.45) is 0 Å². The molecule has 0 atom stereocenters. The molecule has 2 rings (SSSR count). The molecule has 0 spiro atoms. The van der Waals surface area contributed by atoms with Crippen LogP contribution in [0, 0.1) is 6.92 Å². The zero-order valence-electron chi connectivity index (χ0n) is 9.25. The Kier molecular flexibility index (Phi) is 2.88. The van der Waals surface area contributed by atoms with E-state index in [0.717, 1.165) is 23.4 Å². The quantitative estimate of drug-likeness (QED) is 0.813. The molecule has 0 fully saturated rings. The Morgan fingerprint density at radius 3 is 2.69 bits per heavy atom. The lowest BCUT2D eigenvalue weighted by Crippen LogP contribution is -1.86. The minimum absolute atomic E-state index is 0.573. The zero-order valence-corrected chi connectivity index (χ0v) is 10.0. The van der Waals surface area contributed by atoms with Gasteiger partial charge in [0.25, 0.3) is 0 Å². The van der Waals surface area contributed by atoms with Gasteiger partial charge in [0.05, 0.1) is 5.69 Å². The molecule has 1 heterocycles. The first kappa shape index (κ1) is 11.0. The second kappa shape index (κ2) is 4.18. The lowest BCUT2D eigenvalue weighted by molar-refractivity contribution is 0.522. The third-order valence-electron chi connectivity index (χ3n) is 2.38. The molecule has 0 aliphatic carbocycles. The van der Waals surface area contributed by atoms with E-state index in [4.69, 9.17) is 21.8 Å². The van der Waals surface area contributed by atoms with Gasteiger partial charge in [0, 0.05) is 22.7 Å². The van der Waals surface area contributed by atoms with Crippen molar-refractivity contribution in [3.63, 3.8) is 0 Å². The van der Waals surface area contributed by atoms with Crippen LogP contribution in [0.2, 0.25) is 5.02 Å². The summed E-state index contributed by atoms with van der Waals surface area (Å²) in [5.41, 5.74) is 8.05. The summed E-state index contributed by atoms with van der Waals surface area (Å²) in [4.78, 5) is 4.35. The first-order valence-electron chi connectivity index (χ1n) is 5.13. The Morgan fingerprint density at radius 2 is 2.12 bits per heavy atom. The molecule has 2 aromatic rings. The van der Waals surface area contributed by atoms with E-state index in [-0.39, 0.29) is 0 Å². The minimum atomic E-state index is 0.573. The maximum Gasteiger partial charge on any atom is 0.226 e. The van der Waals surface area contributed by atoms with E-state index in [1.54, 1.807) is 18.2 Å². The molecular weight excluding hydrogens is 224 g/mol. The number of aryl methyl sites for hydroxylation is 2. The molecule has 0 aliphatic heterocycles. The predicted octanol–water partition coefficient (Wildman–Crippen LogP) is 3.45. The number of hydrogen-bond donors (Lipinski definition) is 1. The molecule has 3 nitrogen and oxygen atoms in total. The van der Waals surface area contributed by atoms with Gasteiger partial charge in [-0.05, 0) is 25.1 Å². The molecule has 1 aromatic heterocycles. The molecule has 1 aromatic carbocycles. The summed E-state index contributed by atoms with van der Waals surface area (Å²) in [7, 11) is 0. The third-order valence-corrected chi connectivity index (χ3v) is 2.60. The Balaban J connectivity index is 2.49. The van der Waals surface area contributed by atoms with Gasteiger partial charge in [-0.2, -0.15) is 0 Å². The summed E-state index contributed by atoms with van der Waals surface area (Å²) in [5.74, 6) is 1.47. The first-order valence-corrected chi connectivity index (χ1v) is 5.50. The normalized spacial score (nSPS) is 10.7. The maximum absolute atomic E-state index is 5.93. The van der Waals surface area contributed by atoms with E-state index in [2.05, 4.69) is 4.98 Å². The summed E-state index contributed by atoms with van der Waals surface area (Å²) in [6.45, 7) is 3.96. The number of nitrogen functional groups attached to an aromatic ring is 1. The summed E-state index contributed by atoms with van der Waals surface area (Å²) in [6.07, 6.45) is 0.828. The molecule has 0 amide bonds. The molecule has 2 N–H and O–H groups in total. The van der Waals surface area contributed by atoms with Crippen molar-refractivity contribution in [3.8, 4) is 11.5 Å². The van der Waals surface area contributed by atoms with Crippen LogP contribution < -0.4 is 5.73 Å². The summed E-state index contributed by atoms with van der Waals surface area (Å²) >= 11 is 5.93. The average Bonchev–Trinajstić information content (AvgIpc) is 2.58. The molecular formula is C12H13ClN2O. The van der Waals surface area contributed by atoms with Crippen molar-refractivity contribution < 1.29 is 4.42 Å². The fourth-order valence-corrected chi connectivity index (χ4v) is 1.86. The maximum atomic E-state index is 5.93. The van der Waals surface area contributed by atoms with Crippen LogP contribution in [0.4, 0.5) is 5.69 Å². The second-order valence-electron chi connectivity index (χ2n) is 3.65. The average molecular weight is 237 g/mol. The minimum Gasteiger partial charge on any atom is -0.441 e. The van der Waals surface area contributed by atoms with Crippen molar-refractivity contribution in [3.05, 3.63) is 34.7 Å². The van der Waals surface area contributed by atoms with Gasteiger partial charge < -0.3 is 10.2 Å². The molecule has 0 unspecified atom stereocenters. The number of aromatic nitrogens is 1. The van der Waals surface area contributed by atoms with Gasteiger partial charge in [-0.15, -0.1) is 0 Å². The smallest absolute Gasteiger partial charge is 0.226 e. The van der Waals surface area contributed by atoms with Crippen LogP contribution in [0.25, 0.3) is 11.5 Å². The number of anilines is 1. The fraction of sp³-hybridized carbons (Fsp3) is 0.250. The molecule has 4 heteroatoms. The third kappa shape index (κ3) is 2.04. The van der Waals surface area contributed by atoms with Gasteiger partial charge in [0.2, 0.25) is 5.89 Å². The van der Waals surface area contributed by atoms with E-state index in [1.807, 2.05) is 13.8 Å². The highest BCUT2D eigenvalue weighted by atomic mass is 35.5. The predicted molar refractivity (Wildman–Crippen MR) is 65.5 cm³/mol. The SMILES string of the molecule is CCc1oc(-c2cc(N)cc(Cl)c2)nc1C. The molecule has 0 saturated heterocycles. The number of rotatable bonds is 2. The van der Waals surface area contributed by atoms with Crippen molar-refractivity contribution in [2.45, 2.75) is 20.3 Å². The van der Waals surface area contributed by atoms with Crippen molar-refractivity contribution >= 4 is 17.3 Å². The Morgan fingerprint density at radius 1 is 1.38 bits per heavy atom. The van der Waals surface area contributed by atoms with Crippen LogP contribution in [0.5, 0.6) is 0 Å². The van der Waals surface area contributed by atoms with Crippen molar-refractivity contribution in [1.29, 1.82) is 0 Å². The van der Waals surface area contributed by atoms with E-state index >= 15 is 0 Å². The number of oxazole rings is 1. The zero-order chi connectivity index (χ0) is 11.7. The molecule has 16 heavy (non-hydrogen) atoms. The standard InChI is InChI=1S/C12H13ClN2O/c1-3-11-7(2)15-12(16-11)8-4-9(13)6-10(14)5-8/h4-6H,3,14H2,1-2H3. The highest BCUT2D eigenvalue weighted by Crippen LogP contribution is 2.27. The van der Waals surface area contributed by atoms with Crippen molar-refractivity contribution in [1.82, 2.24) is 4.98 Å². The Hall–Kier alpha value is -1.48. The molecule has 0 saturated carbocycles. The fourth-order valence-electron chi connectivity index (χ4n) is 1.62. The van der Waals surface area contributed by atoms with Gasteiger partial charge >= 0.3 is 0 Å². The van der Waals surface area contributed by atoms with E-state index in [9.17, 15) is 0 Å². The van der Waals surface area contributed by atoms with Crippen LogP contribution in [0.1, 0.15) is 18.4 Å². The number of hydrogen-bond acceptors (Lipinski definition) is 3. The first-order chi connectivity index (χ1) is 7.60. The molecule has 84 valence electrons. The van der Waals surface area contributed by atoms with Crippen LogP contribution in [-0.4, -0.2) is 4.98 Å². The summed E-state index contributed by atoms with van der Waals surface area (Å²) in [5, 5.41) is 0.587. The summed E-state index contributed by atoms with van der Waals surface area (Å²) < 4.78 is 5.63. The largest absolute Gasteiger partial charge is 0.441 e. The number of halogens is 1. The van der Waals surface area contributed by atoms with Crippen LogP contribution >= 0.6 is 11.6 Å². The van der Waals surface area contributed by atoms with Gasteiger partial charge in [-0.25, -0.2) is 4.98 Å². The van der Waals surface area contributed by atoms with Gasteiger partial charge in [-0.3, -0.25) is 0 Å². The van der Waals surface area contributed by atoms with Crippen molar-refractivity contribution in [2.75, 3.05) is 5.73 Å². The second-order valence-corrected chi connectivity index (χ2v) is 4.09. The van der Waals surface area contributed by atoms with Gasteiger partial charge in [0.15, 0.2) is 0 Å². The molecule has 0 radical (unpaired) electrons. The monoisotopic (exact) mass is 236 g/mol. The van der Waals surface area contributed by atoms with E-state index in [0.29, 0.717) is 16.6 Å². The van der Waals surface area contributed by atoms with E-state index in [1.165, 1.54) is 0 Å². The highest BCUT2D eigenvalue weighted by molar-refractivity contribution is 6.31. The Bertz CT molecular complexity index is 499. The van der Waals surface area contributed by atoms with Crippen LogP contribution in [0.3, 0.4) is 0 Å². The lowest BCUT2D eigenvalue weighted by atomic mass is 10.2. The number of nitrogens with two attached hydrogens (primary N) is 1. The van der Waals surface area contributed by atoms with Gasteiger partial charge in [0.1, 0.15) is 5.76 Å². The molecule has 0 aliphatic rings. The molecule has 0 bridgehead atoms. The highest BCUT2D eigenvalue weighted by Gasteiger charge is 2.10. The van der Waals surface area contributed by atoms with Gasteiger partial charge in [-0.1, -0.05) is 18.5 Å². The Labute approximate surface area is 99.2 Å². The lowest BCUT2D eigenvalue weighted by Gasteiger charge is -1.99. The number of nitrogens with zero attached hydrogens (tertiary/aromatic N) is 1. The van der Waals surface area contributed by atoms with Crippen LogP contribution in [-0.2, 0) is 6.42 Å². The topological polar surface area (TPSA) is 52.0 Å². The number of benzene rings is 1. The van der Waals surface area contributed by atoms with Crippen LogP contribution in [0.15, 0.2) is 22.6 Å².